The third-order valence-corrected chi connectivity index (χ3v) is 4.37. The Morgan fingerprint density at radius 2 is 2.06 bits per heavy atom. The number of hydrogen-bond donors (Lipinski definition) is 1. The lowest BCUT2D eigenvalue weighted by Gasteiger charge is -2.30. The summed E-state index contributed by atoms with van der Waals surface area (Å²) in [7, 11) is 1.44. The first-order valence-corrected chi connectivity index (χ1v) is 7.30. The fourth-order valence-electron chi connectivity index (χ4n) is 2.26. The van der Waals surface area contributed by atoms with Gasteiger partial charge in [-0.15, -0.1) is 0 Å². The summed E-state index contributed by atoms with van der Waals surface area (Å²) in [5.41, 5.74) is 0. The monoisotopic (exact) mass is 245 g/mol. The average Bonchev–Trinajstić information content (AvgIpc) is 2.29. The summed E-state index contributed by atoms with van der Waals surface area (Å²) in [6, 6.07) is 0.811. The van der Waals surface area contributed by atoms with Crippen molar-refractivity contribution >= 4 is 17.7 Å². The molecule has 1 aliphatic carbocycles. The summed E-state index contributed by atoms with van der Waals surface area (Å²) in [5, 5.41) is 4.36. The van der Waals surface area contributed by atoms with Crippen molar-refractivity contribution in [3.8, 4) is 0 Å². The normalized spacial score (nSPS) is 27.4. The molecule has 1 atom stereocenters. The Bertz CT molecular complexity index is 215. The van der Waals surface area contributed by atoms with E-state index in [-0.39, 0.29) is 12.0 Å². The van der Waals surface area contributed by atoms with Gasteiger partial charge in [0, 0.05) is 17.3 Å². The molecule has 1 rings (SSSR count). The maximum Gasteiger partial charge on any atom is 0.307 e. The smallest absolute Gasteiger partial charge is 0.307 e. The highest BCUT2D eigenvalue weighted by Gasteiger charge is 2.22. The van der Waals surface area contributed by atoms with Crippen molar-refractivity contribution in [3.05, 3.63) is 0 Å². The molecule has 3 nitrogen and oxygen atoms in total. The van der Waals surface area contributed by atoms with E-state index in [2.05, 4.69) is 23.2 Å². The molecule has 1 N–H and O–H groups in total. The van der Waals surface area contributed by atoms with E-state index >= 15 is 0 Å². The first-order valence-electron chi connectivity index (χ1n) is 6.01. The Labute approximate surface area is 103 Å². The number of ether oxygens (including phenoxy) is 1. The lowest BCUT2D eigenvalue weighted by molar-refractivity contribution is -0.141. The Morgan fingerprint density at radius 3 is 2.56 bits per heavy atom. The van der Waals surface area contributed by atoms with Gasteiger partial charge >= 0.3 is 5.97 Å². The van der Waals surface area contributed by atoms with Crippen LogP contribution in [0.25, 0.3) is 0 Å². The van der Waals surface area contributed by atoms with Crippen molar-refractivity contribution in [2.24, 2.45) is 0 Å². The molecule has 0 heterocycles. The largest absolute Gasteiger partial charge is 0.469 e. The second-order valence-electron chi connectivity index (χ2n) is 4.56. The summed E-state index contributed by atoms with van der Waals surface area (Å²) in [6.07, 6.45) is 7.72. The van der Waals surface area contributed by atoms with E-state index in [1.54, 1.807) is 0 Å². The minimum absolute atomic E-state index is 0.127. The van der Waals surface area contributed by atoms with Gasteiger partial charge in [-0.05, 0) is 38.9 Å². The van der Waals surface area contributed by atoms with Gasteiger partial charge in [-0.3, -0.25) is 4.79 Å². The number of hydrogen-bond acceptors (Lipinski definition) is 4. The van der Waals surface area contributed by atoms with Crippen molar-refractivity contribution in [2.45, 2.75) is 56.4 Å². The Morgan fingerprint density at radius 1 is 1.44 bits per heavy atom. The predicted molar refractivity (Wildman–Crippen MR) is 68.8 cm³/mol. The van der Waals surface area contributed by atoms with Gasteiger partial charge < -0.3 is 10.1 Å². The number of rotatable bonds is 5. The van der Waals surface area contributed by atoms with Gasteiger partial charge in [-0.1, -0.05) is 0 Å². The number of nitrogens with one attached hydrogen (secondary N) is 1. The second kappa shape index (κ2) is 7.17. The molecule has 0 aromatic carbocycles. The Balaban J connectivity index is 2.20. The van der Waals surface area contributed by atoms with E-state index in [4.69, 9.17) is 0 Å². The van der Waals surface area contributed by atoms with Crippen LogP contribution in [0, 0.1) is 0 Å². The third-order valence-electron chi connectivity index (χ3n) is 3.23. The van der Waals surface area contributed by atoms with Crippen LogP contribution in [0.1, 0.15) is 39.0 Å². The van der Waals surface area contributed by atoms with Crippen LogP contribution in [-0.2, 0) is 9.53 Å². The van der Waals surface area contributed by atoms with Gasteiger partial charge in [-0.2, -0.15) is 11.8 Å². The zero-order valence-electron chi connectivity index (χ0n) is 10.5. The third kappa shape index (κ3) is 4.74. The topological polar surface area (TPSA) is 38.3 Å². The summed E-state index contributed by atoms with van der Waals surface area (Å²) >= 11 is 1.98. The fraction of sp³-hybridized carbons (Fsp3) is 0.917. The predicted octanol–water partition coefficient (Wildman–Crippen LogP) is 2.20. The molecule has 16 heavy (non-hydrogen) atoms. The van der Waals surface area contributed by atoms with Crippen LogP contribution in [0.15, 0.2) is 0 Å². The van der Waals surface area contributed by atoms with Crippen molar-refractivity contribution in [1.82, 2.24) is 5.32 Å². The number of thioether (sulfide) groups is 1. The van der Waals surface area contributed by atoms with E-state index in [0.717, 1.165) is 5.25 Å². The van der Waals surface area contributed by atoms with Gasteiger partial charge in [0.1, 0.15) is 0 Å². The van der Waals surface area contributed by atoms with E-state index in [9.17, 15) is 4.79 Å². The second-order valence-corrected chi connectivity index (χ2v) is 5.70. The van der Waals surface area contributed by atoms with Crippen molar-refractivity contribution in [2.75, 3.05) is 13.4 Å². The quantitative estimate of drug-likeness (QED) is 0.754. The highest BCUT2D eigenvalue weighted by atomic mass is 32.2. The van der Waals surface area contributed by atoms with Gasteiger partial charge in [0.15, 0.2) is 0 Å². The number of carbonyl (C=O) groups is 1. The molecule has 1 unspecified atom stereocenters. The molecule has 0 amide bonds. The maximum absolute atomic E-state index is 11.1. The van der Waals surface area contributed by atoms with Crippen LogP contribution < -0.4 is 5.32 Å². The molecule has 0 saturated heterocycles. The first-order chi connectivity index (χ1) is 7.65. The molecule has 0 bridgehead atoms. The molecule has 94 valence electrons. The molecule has 0 aromatic heterocycles. The van der Waals surface area contributed by atoms with Gasteiger partial charge in [0.05, 0.1) is 13.5 Å². The standard InChI is InChI=1S/C12H23NO2S/c1-9(8-12(14)15-2)13-10-4-6-11(16-3)7-5-10/h9-11,13H,4-8H2,1-3H3. The summed E-state index contributed by atoms with van der Waals surface area (Å²) in [5.74, 6) is -0.127. The molecule has 0 aromatic rings. The van der Waals surface area contributed by atoms with E-state index in [1.807, 2.05) is 11.8 Å². The average molecular weight is 245 g/mol. The number of methoxy groups -OCH3 is 1. The Kier molecular flexibility index (Phi) is 6.21. The molecule has 1 fully saturated rings. The summed E-state index contributed by atoms with van der Waals surface area (Å²) in [6.45, 7) is 2.05. The van der Waals surface area contributed by atoms with E-state index in [1.165, 1.54) is 32.8 Å². The van der Waals surface area contributed by atoms with Gasteiger partial charge in [-0.25, -0.2) is 0 Å². The van der Waals surface area contributed by atoms with Crippen molar-refractivity contribution in [3.63, 3.8) is 0 Å². The fourth-order valence-corrected chi connectivity index (χ4v) is 3.00. The molecule has 0 radical (unpaired) electrons. The number of esters is 1. The molecule has 1 aliphatic rings. The van der Waals surface area contributed by atoms with Crippen LogP contribution in [-0.4, -0.2) is 36.7 Å². The van der Waals surface area contributed by atoms with Gasteiger partial charge in [0.25, 0.3) is 0 Å². The summed E-state index contributed by atoms with van der Waals surface area (Å²) in [4.78, 5) is 11.1. The maximum atomic E-state index is 11.1. The highest BCUT2D eigenvalue weighted by molar-refractivity contribution is 7.99. The molecule has 4 heteroatoms. The van der Waals surface area contributed by atoms with Gasteiger partial charge in [0.2, 0.25) is 0 Å². The zero-order chi connectivity index (χ0) is 12.0. The SMILES string of the molecule is COC(=O)CC(C)NC1CCC(SC)CC1. The van der Waals surface area contributed by atoms with Crippen LogP contribution in [0.4, 0.5) is 0 Å². The van der Waals surface area contributed by atoms with Crippen molar-refractivity contribution < 1.29 is 9.53 Å². The van der Waals surface area contributed by atoms with Crippen LogP contribution in [0.3, 0.4) is 0 Å². The molecular formula is C12H23NO2S. The minimum Gasteiger partial charge on any atom is -0.469 e. The first kappa shape index (κ1) is 13.8. The van der Waals surface area contributed by atoms with Crippen LogP contribution in [0.2, 0.25) is 0 Å². The highest BCUT2D eigenvalue weighted by Crippen LogP contribution is 2.27. The minimum atomic E-state index is -0.127. The molecule has 0 aliphatic heterocycles. The molecule has 0 spiro atoms. The zero-order valence-corrected chi connectivity index (χ0v) is 11.3. The lowest BCUT2D eigenvalue weighted by atomic mass is 9.94. The molecular weight excluding hydrogens is 222 g/mol. The summed E-state index contributed by atoms with van der Waals surface area (Å²) < 4.78 is 4.66. The van der Waals surface area contributed by atoms with Crippen molar-refractivity contribution in [1.29, 1.82) is 0 Å². The van der Waals surface area contributed by atoms with Crippen LogP contribution in [0.5, 0.6) is 0 Å². The lowest BCUT2D eigenvalue weighted by Crippen LogP contribution is -2.40. The van der Waals surface area contributed by atoms with E-state index < -0.39 is 0 Å². The van der Waals surface area contributed by atoms with Crippen LogP contribution >= 0.6 is 11.8 Å². The van der Waals surface area contributed by atoms with E-state index in [0.29, 0.717) is 12.5 Å². The Hall–Kier alpha value is -0.220. The molecule has 1 saturated carbocycles. The number of carbonyl (C=O) groups excluding carboxylic acids is 1.